The molecule has 4 heterocycles. The van der Waals surface area contributed by atoms with Gasteiger partial charge in [-0.3, -0.25) is 19.4 Å². The molecule has 39 heavy (non-hydrogen) atoms. The van der Waals surface area contributed by atoms with E-state index in [1.165, 1.54) is 6.07 Å². The van der Waals surface area contributed by atoms with Crippen LogP contribution in [0.5, 0.6) is 11.5 Å². The number of piperidine rings is 1. The molecule has 2 N–H and O–H groups in total. The third-order valence-corrected chi connectivity index (χ3v) is 8.02. The molecule has 5 rings (SSSR count). The molecule has 0 aliphatic carbocycles. The van der Waals surface area contributed by atoms with Crippen LogP contribution in [-0.2, 0) is 21.4 Å². The van der Waals surface area contributed by atoms with E-state index in [1.54, 1.807) is 23.2 Å². The molecule has 2 aromatic rings. The molecule has 3 aliphatic rings. The normalized spacial score (nSPS) is 19.2. The summed E-state index contributed by atoms with van der Waals surface area (Å²) in [5.41, 5.74) is 1.56. The van der Waals surface area contributed by atoms with Crippen LogP contribution in [0, 0.1) is 0 Å². The highest BCUT2D eigenvalue weighted by Gasteiger charge is 2.48. The third-order valence-electron chi connectivity index (χ3n) is 8.02. The molecule has 0 saturated carbocycles. The van der Waals surface area contributed by atoms with E-state index in [9.17, 15) is 23.5 Å². The van der Waals surface area contributed by atoms with Gasteiger partial charge >= 0.3 is 6.61 Å². The van der Waals surface area contributed by atoms with Crippen LogP contribution in [0.25, 0.3) is 0 Å². The number of nitrogens with zero attached hydrogens (tertiary/aromatic N) is 3. The van der Waals surface area contributed by atoms with Crippen LogP contribution in [-0.4, -0.2) is 72.3 Å². The standard InChI is InChI=1S/C28H34F2N4O5/c1-2-3-19(17-35)34-24(36)7-4-18-14-21(16-31-25(18)34)38-13-12-33-10-8-28(9-11-33)22-15-20(39-27(29)30)5-6-23(22)32-26(28)37/h5-6,14-16,19,27,35H,2-4,7-13,17H2,1H3,(H,32,37)/t19-/m0/s1. The van der Waals surface area contributed by atoms with Gasteiger partial charge < -0.3 is 19.9 Å². The zero-order chi connectivity index (χ0) is 27.6. The van der Waals surface area contributed by atoms with Crippen molar-refractivity contribution in [3.05, 3.63) is 41.6 Å². The fraction of sp³-hybridized carbons (Fsp3) is 0.536. The van der Waals surface area contributed by atoms with Gasteiger partial charge in [0.05, 0.1) is 24.3 Å². The van der Waals surface area contributed by atoms with E-state index < -0.39 is 12.0 Å². The summed E-state index contributed by atoms with van der Waals surface area (Å²) in [7, 11) is 0. The second-order valence-electron chi connectivity index (χ2n) is 10.4. The Hall–Kier alpha value is -3.31. The number of amides is 2. The first-order valence-electron chi connectivity index (χ1n) is 13.5. The number of aliphatic hydroxyl groups is 1. The van der Waals surface area contributed by atoms with Crippen LogP contribution in [0.3, 0.4) is 0 Å². The van der Waals surface area contributed by atoms with Gasteiger partial charge in [-0.25, -0.2) is 4.98 Å². The minimum absolute atomic E-state index is 0.0182. The summed E-state index contributed by atoms with van der Waals surface area (Å²) in [5, 5.41) is 12.7. The lowest BCUT2D eigenvalue weighted by atomic mass is 9.73. The van der Waals surface area contributed by atoms with Crippen molar-refractivity contribution in [1.29, 1.82) is 0 Å². The molecule has 0 unspecified atom stereocenters. The monoisotopic (exact) mass is 544 g/mol. The number of hydrogen-bond acceptors (Lipinski definition) is 7. The van der Waals surface area contributed by atoms with Gasteiger partial charge in [-0.15, -0.1) is 0 Å². The number of aryl methyl sites for hydroxylation is 1. The Balaban J connectivity index is 1.18. The summed E-state index contributed by atoms with van der Waals surface area (Å²) >= 11 is 0. The minimum atomic E-state index is -2.92. The molecule has 1 aromatic heterocycles. The van der Waals surface area contributed by atoms with Crippen LogP contribution in [0.4, 0.5) is 20.3 Å². The van der Waals surface area contributed by atoms with E-state index in [0.717, 1.165) is 17.5 Å². The van der Waals surface area contributed by atoms with Gasteiger partial charge in [0.2, 0.25) is 11.8 Å². The van der Waals surface area contributed by atoms with Crippen LogP contribution in [0.2, 0.25) is 0 Å². The van der Waals surface area contributed by atoms with Gasteiger partial charge in [-0.1, -0.05) is 13.3 Å². The largest absolute Gasteiger partial charge is 0.491 e. The Morgan fingerprint density at radius 2 is 1.95 bits per heavy atom. The van der Waals surface area contributed by atoms with E-state index >= 15 is 0 Å². The number of halogens is 2. The second-order valence-corrected chi connectivity index (χ2v) is 10.4. The number of likely N-dealkylation sites (tertiary alicyclic amines) is 1. The predicted octanol–water partition coefficient (Wildman–Crippen LogP) is 3.49. The fourth-order valence-corrected chi connectivity index (χ4v) is 5.97. The number of ether oxygens (including phenoxy) is 2. The number of alkyl halides is 2. The van der Waals surface area contributed by atoms with Gasteiger partial charge in [0, 0.05) is 18.7 Å². The topological polar surface area (TPSA) is 104 Å². The number of hydrogen-bond donors (Lipinski definition) is 2. The Morgan fingerprint density at radius 3 is 2.67 bits per heavy atom. The molecule has 210 valence electrons. The third kappa shape index (κ3) is 5.42. The van der Waals surface area contributed by atoms with E-state index in [4.69, 9.17) is 4.74 Å². The first-order chi connectivity index (χ1) is 18.8. The lowest BCUT2D eigenvalue weighted by Gasteiger charge is -2.38. The van der Waals surface area contributed by atoms with Gasteiger partial charge in [0.1, 0.15) is 23.9 Å². The Bertz CT molecular complexity index is 1220. The molecule has 0 bridgehead atoms. The summed E-state index contributed by atoms with van der Waals surface area (Å²) < 4.78 is 36.0. The molecular formula is C28H34F2N4O5. The van der Waals surface area contributed by atoms with Crippen molar-refractivity contribution < 1.29 is 33.0 Å². The fourth-order valence-electron chi connectivity index (χ4n) is 5.97. The highest BCUT2D eigenvalue weighted by molar-refractivity contribution is 6.06. The van der Waals surface area contributed by atoms with Gasteiger partial charge in [-0.05, 0) is 74.2 Å². The average molecular weight is 545 g/mol. The zero-order valence-corrected chi connectivity index (χ0v) is 22.0. The number of carbonyl (C=O) groups excluding carboxylic acids is 2. The number of aromatic nitrogens is 1. The Morgan fingerprint density at radius 1 is 1.15 bits per heavy atom. The van der Waals surface area contributed by atoms with Crippen molar-refractivity contribution >= 4 is 23.3 Å². The lowest BCUT2D eigenvalue weighted by Crippen LogP contribution is -2.47. The molecule has 1 atom stereocenters. The average Bonchev–Trinajstić information content (AvgIpc) is 3.18. The van der Waals surface area contributed by atoms with Crippen molar-refractivity contribution in [2.45, 2.75) is 63.5 Å². The Kier molecular flexibility index (Phi) is 7.99. The minimum Gasteiger partial charge on any atom is -0.491 e. The number of rotatable bonds is 10. The molecule has 9 nitrogen and oxygen atoms in total. The Labute approximate surface area is 226 Å². The molecule has 0 radical (unpaired) electrons. The smallest absolute Gasteiger partial charge is 0.387 e. The van der Waals surface area contributed by atoms with E-state index in [1.807, 2.05) is 13.0 Å². The van der Waals surface area contributed by atoms with Gasteiger partial charge in [-0.2, -0.15) is 8.78 Å². The van der Waals surface area contributed by atoms with Crippen LogP contribution in [0.1, 0.15) is 50.2 Å². The van der Waals surface area contributed by atoms with Crippen molar-refractivity contribution in [3.8, 4) is 11.5 Å². The number of pyridine rings is 1. The molecule has 2 amide bonds. The van der Waals surface area contributed by atoms with E-state index in [2.05, 4.69) is 19.9 Å². The molecule has 1 saturated heterocycles. The number of benzene rings is 1. The maximum Gasteiger partial charge on any atom is 0.387 e. The second kappa shape index (κ2) is 11.4. The van der Waals surface area contributed by atoms with E-state index in [0.29, 0.717) is 75.6 Å². The maximum absolute atomic E-state index is 12.9. The molecule has 11 heteroatoms. The number of nitrogens with one attached hydrogen (secondary N) is 1. The zero-order valence-electron chi connectivity index (χ0n) is 22.0. The van der Waals surface area contributed by atoms with Crippen molar-refractivity contribution in [1.82, 2.24) is 9.88 Å². The van der Waals surface area contributed by atoms with Crippen LogP contribution < -0.4 is 19.7 Å². The number of aliphatic hydroxyl groups excluding tert-OH is 1. The summed E-state index contributed by atoms with van der Waals surface area (Å²) in [6, 6.07) is 6.26. The predicted molar refractivity (Wildman–Crippen MR) is 140 cm³/mol. The summed E-state index contributed by atoms with van der Waals surface area (Å²) in [6.45, 7) is 1.41. The summed E-state index contributed by atoms with van der Waals surface area (Å²) in [6.07, 6.45) is 5.28. The van der Waals surface area contributed by atoms with Crippen molar-refractivity contribution in [2.24, 2.45) is 0 Å². The van der Waals surface area contributed by atoms with Crippen molar-refractivity contribution in [3.63, 3.8) is 0 Å². The molecule has 1 fully saturated rings. The van der Waals surface area contributed by atoms with E-state index in [-0.39, 0.29) is 30.2 Å². The first-order valence-corrected chi connectivity index (χ1v) is 13.5. The number of fused-ring (bicyclic) bond motifs is 3. The summed E-state index contributed by atoms with van der Waals surface area (Å²) in [5.74, 6) is 1.17. The summed E-state index contributed by atoms with van der Waals surface area (Å²) in [4.78, 5) is 33.9. The quantitative estimate of drug-likeness (QED) is 0.472. The molecule has 1 spiro atoms. The molecular weight excluding hydrogens is 510 g/mol. The molecule has 1 aromatic carbocycles. The number of carbonyl (C=O) groups is 2. The van der Waals surface area contributed by atoms with Crippen LogP contribution >= 0.6 is 0 Å². The van der Waals surface area contributed by atoms with Crippen molar-refractivity contribution in [2.75, 3.05) is 43.1 Å². The SMILES string of the molecule is CCC[C@@H](CO)N1C(=O)CCc2cc(OCCN3CCC4(CC3)C(=O)Nc3ccc(OC(F)F)cc34)cnc21. The molecule has 3 aliphatic heterocycles. The first kappa shape index (κ1) is 27.3. The highest BCUT2D eigenvalue weighted by Crippen LogP contribution is 2.46. The lowest BCUT2D eigenvalue weighted by molar-refractivity contribution is -0.122. The van der Waals surface area contributed by atoms with Gasteiger partial charge in [0.15, 0.2) is 0 Å². The van der Waals surface area contributed by atoms with Gasteiger partial charge in [0.25, 0.3) is 0 Å². The van der Waals surface area contributed by atoms with Crippen LogP contribution in [0.15, 0.2) is 30.5 Å². The highest BCUT2D eigenvalue weighted by atomic mass is 19.3. The number of anilines is 2. The maximum atomic E-state index is 12.9.